The van der Waals surface area contributed by atoms with E-state index in [1.54, 1.807) is 10.7 Å². The van der Waals surface area contributed by atoms with Crippen LogP contribution in [0.1, 0.15) is 72.1 Å². The Balaban J connectivity index is 1.30. The number of aromatic nitrogens is 4. The number of nitrogens with one attached hydrogen (secondary N) is 3. The molecule has 12 heteroatoms. The standard InChI is InChI=1S/C32H40N8O4/c1-29(2,3)22-14-24(37-28(44)36-23-12-13-33-19-35-23)40(38-22)21-10-8-20(9-11-21)15-34-25(41)30(4)16-31(5)18-32(6,17-30)27(43)39(7)26(31)42/h8-14,19H,15-18H2,1-7H3,(H,34,41)(H2,33,35,36,37,44). The van der Waals surface area contributed by atoms with Gasteiger partial charge >= 0.3 is 6.03 Å². The van der Waals surface area contributed by atoms with Crippen LogP contribution in [0.15, 0.2) is 48.9 Å². The first-order valence-corrected chi connectivity index (χ1v) is 14.7. The van der Waals surface area contributed by atoms with Gasteiger partial charge in [0, 0.05) is 47.5 Å². The van der Waals surface area contributed by atoms with E-state index in [1.807, 2.05) is 71.9 Å². The van der Waals surface area contributed by atoms with E-state index in [-0.39, 0.29) is 29.7 Å². The Morgan fingerprint density at radius 2 is 1.57 bits per heavy atom. The van der Waals surface area contributed by atoms with E-state index >= 15 is 0 Å². The summed E-state index contributed by atoms with van der Waals surface area (Å²) in [4.78, 5) is 61.4. The zero-order chi connectivity index (χ0) is 32.1. The van der Waals surface area contributed by atoms with Gasteiger partial charge in [0.15, 0.2) is 0 Å². The van der Waals surface area contributed by atoms with E-state index in [1.165, 1.54) is 24.5 Å². The molecule has 1 aliphatic carbocycles. The summed E-state index contributed by atoms with van der Waals surface area (Å²) in [6.07, 6.45) is 4.11. The van der Waals surface area contributed by atoms with Gasteiger partial charge in [0.05, 0.1) is 11.4 Å². The highest BCUT2D eigenvalue weighted by Crippen LogP contribution is 2.58. The summed E-state index contributed by atoms with van der Waals surface area (Å²) in [7, 11) is 1.54. The molecule has 12 nitrogen and oxygen atoms in total. The number of benzene rings is 1. The first-order valence-electron chi connectivity index (χ1n) is 14.7. The molecular formula is C32H40N8O4. The fourth-order valence-electron chi connectivity index (χ4n) is 6.95. The molecule has 1 saturated heterocycles. The minimum atomic E-state index is -0.861. The van der Waals surface area contributed by atoms with Crippen LogP contribution in [0, 0.1) is 16.2 Å². The monoisotopic (exact) mass is 600 g/mol. The number of imide groups is 1. The lowest BCUT2D eigenvalue weighted by atomic mass is 9.51. The molecule has 1 aromatic carbocycles. The van der Waals surface area contributed by atoms with Crippen molar-refractivity contribution in [3.05, 3.63) is 60.2 Å². The van der Waals surface area contributed by atoms with E-state index < -0.39 is 22.3 Å². The lowest BCUT2D eigenvalue weighted by molar-refractivity contribution is -0.178. The molecule has 0 radical (unpaired) electrons. The zero-order valence-corrected chi connectivity index (χ0v) is 26.3. The molecule has 3 heterocycles. The van der Waals surface area contributed by atoms with Gasteiger partial charge in [-0.1, -0.05) is 53.7 Å². The normalized spacial score (nSPS) is 25.0. The lowest BCUT2D eigenvalue weighted by Gasteiger charge is -2.55. The Morgan fingerprint density at radius 1 is 0.932 bits per heavy atom. The van der Waals surface area contributed by atoms with Crippen LogP contribution in [-0.4, -0.2) is 55.4 Å². The summed E-state index contributed by atoms with van der Waals surface area (Å²) >= 11 is 0. The van der Waals surface area contributed by atoms with Crippen molar-refractivity contribution in [2.45, 2.75) is 72.8 Å². The Labute approximate surface area is 257 Å². The number of fused-ring (bicyclic) bond motifs is 2. The highest BCUT2D eigenvalue weighted by Gasteiger charge is 2.62. The molecule has 2 aliphatic rings. The number of piperidine rings is 1. The fraction of sp³-hybridized carbons (Fsp3) is 0.469. The van der Waals surface area contributed by atoms with Gasteiger partial charge in [0.1, 0.15) is 18.0 Å². The Hall–Kier alpha value is -4.61. The van der Waals surface area contributed by atoms with Crippen LogP contribution >= 0.6 is 0 Å². The molecular weight excluding hydrogens is 560 g/mol. The Bertz CT molecular complexity index is 1580. The maximum Gasteiger partial charge on any atom is 0.326 e. The Morgan fingerprint density at radius 3 is 2.14 bits per heavy atom. The first kappa shape index (κ1) is 30.8. The average Bonchev–Trinajstić information content (AvgIpc) is 3.38. The highest BCUT2D eigenvalue weighted by atomic mass is 16.2. The van der Waals surface area contributed by atoms with Crippen LogP contribution in [0.2, 0.25) is 0 Å². The van der Waals surface area contributed by atoms with Crippen LogP contribution in [-0.2, 0) is 26.3 Å². The number of urea groups is 1. The van der Waals surface area contributed by atoms with Crippen LogP contribution in [0.3, 0.4) is 0 Å². The molecule has 0 spiro atoms. The summed E-state index contributed by atoms with van der Waals surface area (Å²) in [5.41, 5.74) is -0.275. The minimum absolute atomic E-state index is 0.174. The summed E-state index contributed by atoms with van der Waals surface area (Å²) in [6, 6.07) is 10.5. The number of likely N-dealkylation sites (tertiary alicyclic amines) is 1. The second kappa shape index (κ2) is 10.8. The highest BCUT2D eigenvalue weighted by molar-refractivity contribution is 6.04. The van der Waals surface area contributed by atoms with Crippen molar-refractivity contribution < 1.29 is 19.2 Å². The third kappa shape index (κ3) is 5.80. The summed E-state index contributed by atoms with van der Waals surface area (Å²) < 4.78 is 1.66. The third-order valence-electron chi connectivity index (χ3n) is 8.71. The van der Waals surface area contributed by atoms with E-state index in [0.717, 1.165) is 16.9 Å². The van der Waals surface area contributed by atoms with Gasteiger partial charge in [-0.15, -0.1) is 0 Å². The summed E-state index contributed by atoms with van der Waals surface area (Å²) in [5, 5.41) is 13.4. The van der Waals surface area contributed by atoms with Crippen LogP contribution in [0.25, 0.3) is 5.69 Å². The molecule has 3 N–H and O–H groups in total. The topological polar surface area (TPSA) is 151 Å². The van der Waals surface area contributed by atoms with Gasteiger partial charge in [-0.05, 0) is 43.0 Å². The van der Waals surface area contributed by atoms with Crippen molar-refractivity contribution in [2.24, 2.45) is 16.2 Å². The maximum atomic E-state index is 13.6. The van der Waals surface area contributed by atoms with Crippen molar-refractivity contribution in [3.63, 3.8) is 0 Å². The van der Waals surface area contributed by atoms with E-state index in [9.17, 15) is 19.2 Å². The molecule has 5 rings (SSSR count). The molecule has 3 aromatic rings. The van der Waals surface area contributed by atoms with Crippen molar-refractivity contribution in [3.8, 4) is 5.69 Å². The molecule has 2 atom stereocenters. The molecule has 5 amide bonds. The number of hydrogen-bond donors (Lipinski definition) is 3. The second-order valence-electron chi connectivity index (χ2n) is 14.0. The number of amides is 5. The predicted octanol–water partition coefficient (Wildman–Crippen LogP) is 4.42. The van der Waals surface area contributed by atoms with Crippen molar-refractivity contribution in [1.82, 2.24) is 30.0 Å². The average molecular weight is 601 g/mol. The predicted molar refractivity (Wildman–Crippen MR) is 165 cm³/mol. The van der Waals surface area contributed by atoms with E-state index in [0.29, 0.717) is 30.9 Å². The number of hydrogen-bond acceptors (Lipinski definition) is 7. The minimum Gasteiger partial charge on any atom is -0.352 e. The molecule has 1 saturated carbocycles. The fourth-order valence-corrected chi connectivity index (χ4v) is 6.95. The third-order valence-corrected chi connectivity index (χ3v) is 8.71. The molecule has 2 aromatic heterocycles. The van der Waals surface area contributed by atoms with Crippen molar-refractivity contribution >= 4 is 35.4 Å². The molecule has 44 heavy (non-hydrogen) atoms. The number of carbonyl (C=O) groups is 4. The SMILES string of the molecule is CN1C(=O)C2(C)CC(C)(C(=O)NCc3ccc(-n4nc(C(C)(C)C)cc4NC(=O)Nc4ccncn4)cc3)CC(C)(C2)C1=O. The van der Waals surface area contributed by atoms with Gasteiger partial charge in [0.2, 0.25) is 17.7 Å². The second-order valence-corrected chi connectivity index (χ2v) is 14.0. The largest absolute Gasteiger partial charge is 0.352 e. The van der Waals surface area contributed by atoms with Crippen molar-refractivity contribution in [1.29, 1.82) is 0 Å². The molecule has 232 valence electrons. The van der Waals surface area contributed by atoms with E-state index in [2.05, 4.69) is 25.9 Å². The van der Waals surface area contributed by atoms with Gasteiger partial charge in [-0.2, -0.15) is 5.10 Å². The smallest absolute Gasteiger partial charge is 0.326 e. The number of nitrogens with zero attached hydrogens (tertiary/aromatic N) is 5. The van der Waals surface area contributed by atoms with Crippen molar-refractivity contribution in [2.75, 3.05) is 17.7 Å². The number of rotatable bonds is 6. The number of anilines is 2. The van der Waals surface area contributed by atoms with Crippen LogP contribution in [0.5, 0.6) is 0 Å². The van der Waals surface area contributed by atoms with Gasteiger partial charge in [0.25, 0.3) is 0 Å². The van der Waals surface area contributed by atoms with Gasteiger partial charge < -0.3 is 5.32 Å². The molecule has 2 bridgehead atoms. The zero-order valence-electron chi connectivity index (χ0n) is 26.3. The molecule has 2 fully saturated rings. The van der Waals surface area contributed by atoms with Gasteiger partial charge in [-0.25, -0.2) is 19.4 Å². The Kier molecular flexibility index (Phi) is 7.59. The first-order chi connectivity index (χ1) is 20.5. The molecule has 2 unspecified atom stereocenters. The quantitative estimate of drug-likeness (QED) is 0.354. The summed E-state index contributed by atoms with van der Waals surface area (Å²) in [5.74, 6) is 0.234. The maximum absolute atomic E-state index is 13.6. The summed E-state index contributed by atoms with van der Waals surface area (Å²) in [6.45, 7) is 12.0. The lowest BCUT2D eigenvalue weighted by Crippen LogP contribution is -2.63. The van der Waals surface area contributed by atoms with Gasteiger partial charge in [-0.3, -0.25) is 29.9 Å². The van der Waals surface area contributed by atoms with Crippen LogP contribution < -0.4 is 16.0 Å². The van der Waals surface area contributed by atoms with Crippen LogP contribution in [0.4, 0.5) is 16.4 Å². The van der Waals surface area contributed by atoms with E-state index in [4.69, 9.17) is 5.10 Å². The number of carbonyl (C=O) groups excluding carboxylic acids is 4. The molecule has 1 aliphatic heterocycles.